The number of piperidine rings is 1. The molecule has 0 atom stereocenters. The van der Waals surface area contributed by atoms with Gasteiger partial charge in [-0.05, 0) is 36.5 Å². The van der Waals surface area contributed by atoms with Crippen molar-refractivity contribution < 1.29 is 19.1 Å². The summed E-state index contributed by atoms with van der Waals surface area (Å²) in [7, 11) is 3.08. The minimum atomic E-state index is -0.313. The Labute approximate surface area is 176 Å². The van der Waals surface area contributed by atoms with Crippen LogP contribution in [0.15, 0.2) is 54.2 Å². The first-order valence-electron chi connectivity index (χ1n) is 10.2. The highest BCUT2D eigenvalue weighted by molar-refractivity contribution is 6.45. The SMILES string of the molecule is COc1ccc(N2C(=O)C(c3ccccc3)=C(N3CCC(C)CC3)C2=O)cc1OC. The van der Waals surface area contributed by atoms with Gasteiger partial charge in [0.15, 0.2) is 11.5 Å². The van der Waals surface area contributed by atoms with Crippen LogP contribution in [0.5, 0.6) is 11.5 Å². The van der Waals surface area contributed by atoms with Crippen LogP contribution in [0, 0.1) is 5.92 Å². The van der Waals surface area contributed by atoms with Gasteiger partial charge in [-0.3, -0.25) is 9.59 Å². The number of carbonyl (C=O) groups excluding carboxylic acids is 2. The molecule has 30 heavy (non-hydrogen) atoms. The van der Waals surface area contributed by atoms with E-state index in [-0.39, 0.29) is 11.8 Å². The van der Waals surface area contributed by atoms with Crippen LogP contribution < -0.4 is 14.4 Å². The summed E-state index contributed by atoms with van der Waals surface area (Å²) in [5, 5.41) is 0. The smallest absolute Gasteiger partial charge is 0.282 e. The molecular weight excluding hydrogens is 380 g/mol. The van der Waals surface area contributed by atoms with Crippen LogP contribution in [0.3, 0.4) is 0 Å². The fourth-order valence-corrected chi connectivity index (χ4v) is 4.11. The molecule has 0 saturated carbocycles. The number of hydrogen-bond donors (Lipinski definition) is 0. The van der Waals surface area contributed by atoms with Gasteiger partial charge in [-0.25, -0.2) is 4.90 Å². The average Bonchev–Trinajstić information content (AvgIpc) is 3.04. The van der Waals surface area contributed by atoms with Crippen LogP contribution in [0.2, 0.25) is 0 Å². The maximum atomic E-state index is 13.6. The van der Waals surface area contributed by atoms with Crippen LogP contribution >= 0.6 is 0 Å². The molecule has 2 aromatic rings. The van der Waals surface area contributed by atoms with Crippen LogP contribution in [0.4, 0.5) is 5.69 Å². The molecule has 1 saturated heterocycles. The number of imide groups is 1. The molecule has 1 fully saturated rings. The average molecular weight is 406 g/mol. The molecule has 0 bridgehead atoms. The van der Waals surface area contributed by atoms with Crippen molar-refractivity contribution in [2.45, 2.75) is 19.8 Å². The largest absolute Gasteiger partial charge is 0.493 e. The maximum absolute atomic E-state index is 13.6. The zero-order valence-electron chi connectivity index (χ0n) is 17.6. The monoisotopic (exact) mass is 406 g/mol. The maximum Gasteiger partial charge on any atom is 0.282 e. The Kier molecular flexibility index (Phi) is 5.48. The first-order chi connectivity index (χ1) is 14.5. The Morgan fingerprint density at radius 1 is 0.867 bits per heavy atom. The Hall–Kier alpha value is -3.28. The van der Waals surface area contributed by atoms with E-state index in [1.54, 1.807) is 25.3 Å². The minimum absolute atomic E-state index is 0.291. The summed E-state index contributed by atoms with van der Waals surface area (Å²) in [6.45, 7) is 3.76. The Morgan fingerprint density at radius 2 is 1.53 bits per heavy atom. The second-order valence-electron chi connectivity index (χ2n) is 7.74. The molecule has 0 N–H and O–H groups in total. The minimum Gasteiger partial charge on any atom is -0.493 e. The van der Waals surface area contributed by atoms with E-state index in [4.69, 9.17) is 9.47 Å². The molecule has 6 heteroatoms. The number of benzene rings is 2. The van der Waals surface area contributed by atoms with Crippen molar-refractivity contribution in [3.8, 4) is 11.5 Å². The van der Waals surface area contributed by atoms with Crippen LogP contribution in [0.25, 0.3) is 5.57 Å². The molecule has 0 aromatic heterocycles. The van der Waals surface area contributed by atoms with E-state index in [0.717, 1.165) is 31.5 Å². The first-order valence-corrected chi connectivity index (χ1v) is 10.2. The predicted octanol–water partition coefficient (Wildman–Crippen LogP) is 3.72. The second kappa shape index (κ2) is 8.22. The summed E-state index contributed by atoms with van der Waals surface area (Å²) < 4.78 is 10.7. The molecule has 2 heterocycles. The lowest BCUT2D eigenvalue weighted by atomic mass is 9.97. The van der Waals surface area contributed by atoms with Crippen molar-refractivity contribution >= 4 is 23.1 Å². The molecule has 2 aliphatic heterocycles. The standard InChI is InChI=1S/C24H26N2O4/c1-16-11-13-25(14-12-16)22-21(17-7-5-4-6-8-17)23(27)26(24(22)28)18-9-10-19(29-2)20(15-18)30-3/h4-10,15-16H,11-14H2,1-3H3. The molecule has 156 valence electrons. The van der Waals surface area contributed by atoms with E-state index in [1.807, 2.05) is 30.3 Å². The molecule has 0 unspecified atom stereocenters. The number of anilines is 1. The van der Waals surface area contributed by atoms with Crippen molar-refractivity contribution in [2.75, 3.05) is 32.2 Å². The number of likely N-dealkylation sites (tertiary alicyclic amines) is 1. The number of amides is 2. The molecule has 2 aliphatic rings. The summed E-state index contributed by atoms with van der Waals surface area (Å²) >= 11 is 0. The quantitative estimate of drug-likeness (QED) is 0.709. The van der Waals surface area contributed by atoms with E-state index in [0.29, 0.717) is 34.4 Å². The summed E-state index contributed by atoms with van der Waals surface area (Å²) in [6.07, 6.45) is 2.01. The molecule has 2 aromatic carbocycles. The van der Waals surface area contributed by atoms with Crippen molar-refractivity contribution in [3.63, 3.8) is 0 Å². The van der Waals surface area contributed by atoms with Crippen molar-refractivity contribution in [1.82, 2.24) is 4.90 Å². The summed E-state index contributed by atoms with van der Waals surface area (Å²) in [4.78, 5) is 30.4. The third-order valence-electron chi connectivity index (χ3n) is 5.85. The van der Waals surface area contributed by atoms with E-state index in [1.165, 1.54) is 12.0 Å². The van der Waals surface area contributed by atoms with Crippen LogP contribution in [-0.2, 0) is 9.59 Å². The molecule has 0 radical (unpaired) electrons. The lowest BCUT2D eigenvalue weighted by molar-refractivity contribution is -0.120. The predicted molar refractivity (Wildman–Crippen MR) is 115 cm³/mol. The molecule has 0 spiro atoms. The molecule has 2 amide bonds. The van der Waals surface area contributed by atoms with E-state index in [2.05, 4.69) is 11.8 Å². The Morgan fingerprint density at radius 3 is 2.17 bits per heavy atom. The summed E-state index contributed by atoms with van der Waals surface area (Å²) in [6, 6.07) is 14.5. The van der Waals surface area contributed by atoms with Crippen LogP contribution in [-0.4, -0.2) is 44.0 Å². The van der Waals surface area contributed by atoms with Crippen molar-refractivity contribution in [1.29, 1.82) is 0 Å². The van der Waals surface area contributed by atoms with Gasteiger partial charge in [0.05, 0.1) is 25.5 Å². The number of nitrogens with zero attached hydrogens (tertiary/aromatic N) is 2. The first kappa shape index (κ1) is 20.0. The van der Waals surface area contributed by atoms with Gasteiger partial charge in [0, 0.05) is 19.2 Å². The second-order valence-corrected chi connectivity index (χ2v) is 7.74. The molecule has 6 nitrogen and oxygen atoms in total. The van der Waals surface area contributed by atoms with Crippen molar-refractivity contribution in [2.24, 2.45) is 5.92 Å². The number of methoxy groups -OCH3 is 2. The Bertz CT molecular complexity index is 992. The van der Waals surface area contributed by atoms with Gasteiger partial charge in [-0.1, -0.05) is 37.3 Å². The van der Waals surface area contributed by atoms with E-state index < -0.39 is 0 Å². The fourth-order valence-electron chi connectivity index (χ4n) is 4.11. The molecule has 4 rings (SSSR count). The molecular formula is C24H26N2O4. The number of hydrogen-bond acceptors (Lipinski definition) is 5. The highest BCUT2D eigenvalue weighted by Crippen LogP contribution is 2.39. The molecule has 0 aliphatic carbocycles. The van der Waals surface area contributed by atoms with Crippen LogP contribution in [0.1, 0.15) is 25.3 Å². The van der Waals surface area contributed by atoms with Crippen molar-refractivity contribution in [3.05, 3.63) is 59.8 Å². The van der Waals surface area contributed by atoms with Gasteiger partial charge >= 0.3 is 0 Å². The lowest BCUT2D eigenvalue weighted by Gasteiger charge is -2.32. The third kappa shape index (κ3) is 3.43. The van der Waals surface area contributed by atoms with E-state index in [9.17, 15) is 9.59 Å². The topological polar surface area (TPSA) is 59.1 Å². The van der Waals surface area contributed by atoms with Gasteiger partial charge in [-0.15, -0.1) is 0 Å². The van der Waals surface area contributed by atoms with E-state index >= 15 is 0 Å². The lowest BCUT2D eigenvalue weighted by Crippen LogP contribution is -2.38. The Balaban J connectivity index is 1.79. The van der Waals surface area contributed by atoms with Gasteiger partial charge in [0.1, 0.15) is 5.70 Å². The number of carbonyl (C=O) groups is 2. The summed E-state index contributed by atoms with van der Waals surface area (Å²) in [5.74, 6) is 1.03. The zero-order valence-corrected chi connectivity index (χ0v) is 17.6. The summed E-state index contributed by atoms with van der Waals surface area (Å²) in [5.41, 5.74) is 2.18. The van der Waals surface area contributed by atoms with Gasteiger partial charge in [-0.2, -0.15) is 0 Å². The van der Waals surface area contributed by atoms with Gasteiger partial charge < -0.3 is 14.4 Å². The van der Waals surface area contributed by atoms with Gasteiger partial charge in [0.25, 0.3) is 11.8 Å². The fraction of sp³-hybridized carbons (Fsp3) is 0.333. The zero-order chi connectivity index (χ0) is 21.3. The normalized spacial score (nSPS) is 17.7. The number of ether oxygens (including phenoxy) is 2. The van der Waals surface area contributed by atoms with Gasteiger partial charge in [0.2, 0.25) is 0 Å². The highest BCUT2D eigenvalue weighted by atomic mass is 16.5. The highest BCUT2D eigenvalue weighted by Gasteiger charge is 2.43. The third-order valence-corrected chi connectivity index (χ3v) is 5.85. The number of rotatable bonds is 5.